The minimum Gasteiger partial charge on any atom is -0.372 e. The highest BCUT2D eigenvalue weighted by Crippen LogP contribution is 2.23. The van der Waals surface area contributed by atoms with Crippen LogP contribution in [-0.2, 0) is 0 Å². The molecular formula is C14H21N. The van der Waals surface area contributed by atoms with Crippen molar-refractivity contribution < 1.29 is 0 Å². The van der Waals surface area contributed by atoms with Gasteiger partial charge in [-0.1, -0.05) is 37.6 Å². The Balaban J connectivity index is 2.03. The van der Waals surface area contributed by atoms with Crippen LogP contribution >= 0.6 is 0 Å². The maximum absolute atomic E-state index is 2.52. The highest BCUT2D eigenvalue weighted by molar-refractivity contribution is 5.29. The van der Waals surface area contributed by atoms with Crippen LogP contribution in [-0.4, -0.2) is 18.0 Å². The lowest BCUT2D eigenvalue weighted by Gasteiger charge is -2.19. The molecule has 1 unspecified atom stereocenters. The number of likely N-dealkylation sites (tertiary alicyclic amines) is 1. The van der Waals surface area contributed by atoms with Crippen LogP contribution in [0.3, 0.4) is 0 Å². The highest BCUT2D eigenvalue weighted by atomic mass is 15.2. The van der Waals surface area contributed by atoms with Crippen molar-refractivity contribution in [2.45, 2.75) is 33.1 Å². The van der Waals surface area contributed by atoms with Crippen LogP contribution in [0.15, 0.2) is 35.6 Å². The Morgan fingerprint density at radius 1 is 1.47 bits per heavy atom. The predicted molar refractivity (Wildman–Crippen MR) is 65.6 cm³/mol. The predicted octanol–water partition coefficient (Wildman–Crippen LogP) is 3.51. The molecule has 0 bridgehead atoms. The van der Waals surface area contributed by atoms with E-state index in [0.29, 0.717) is 0 Å². The van der Waals surface area contributed by atoms with Gasteiger partial charge in [0, 0.05) is 18.8 Å². The maximum Gasteiger partial charge on any atom is 0.0328 e. The van der Waals surface area contributed by atoms with Crippen molar-refractivity contribution in [1.29, 1.82) is 0 Å². The molecule has 1 atom stereocenters. The quantitative estimate of drug-likeness (QED) is 0.664. The zero-order chi connectivity index (χ0) is 10.7. The molecule has 1 heteroatoms. The summed E-state index contributed by atoms with van der Waals surface area (Å²) in [6.45, 7) is 7.05. The minimum atomic E-state index is 0.862. The first-order valence-electron chi connectivity index (χ1n) is 6.11. The fraction of sp³-hybridized carbons (Fsp3) is 0.571. The van der Waals surface area contributed by atoms with Crippen molar-refractivity contribution in [3.8, 4) is 0 Å². The van der Waals surface area contributed by atoms with Crippen molar-refractivity contribution in [3.05, 3.63) is 35.6 Å². The molecule has 82 valence electrons. The molecule has 0 N–H and O–H groups in total. The van der Waals surface area contributed by atoms with Crippen molar-refractivity contribution in [2.24, 2.45) is 5.92 Å². The standard InChI is InChI=1S/C14H21N/c1-3-13-5-4-6-14(8-7-13)15-10-9-12(2)11-15/h4-6,8,12H,3,7,9-11H2,1-2H3. The van der Waals surface area contributed by atoms with Crippen LogP contribution in [0.4, 0.5) is 0 Å². The summed E-state index contributed by atoms with van der Waals surface area (Å²) in [5.74, 6) is 0.862. The van der Waals surface area contributed by atoms with Gasteiger partial charge in [-0.15, -0.1) is 0 Å². The fourth-order valence-corrected chi connectivity index (χ4v) is 2.32. The number of rotatable bonds is 2. The molecule has 1 aliphatic carbocycles. The number of hydrogen-bond acceptors (Lipinski definition) is 1. The summed E-state index contributed by atoms with van der Waals surface area (Å²) in [7, 11) is 0. The average Bonchev–Trinajstić information content (AvgIpc) is 2.54. The van der Waals surface area contributed by atoms with Gasteiger partial charge in [-0.3, -0.25) is 0 Å². The molecule has 2 rings (SSSR count). The van der Waals surface area contributed by atoms with Crippen molar-refractivity contribution in [1.82, 2.24) is 4.90 Å². The van der Waals surface area contributed by atoms with Crippen molar-refractivity contribution in [3.63, 3.8) is 0 Å². The van der Waals surface area contributed by atoms with Crippen LogP contribution in [0.1, 0.15) is 33.1 Å². The number of allylic oxidation sites excluding steroid dienone is 5. The van der Waals surface area contributed by atoms with E-state index in [1.54, 1.807) is 0 Å². The lowest BCUT2D eigenvalue weighted by molar-refractivity contribution is 0.422. The lowest BCUT2D eigenvalue weighted by atomic mass is 10.1. The van der Waals surface area contributed by atoms with E-state index in [1.807, 2.05) is 0 Å². The average molecular weight is 203 g/mol. The second kappa shape index (κ2) is 4.69. The van der Waals surface area contributed by atoms with Gasteiger partial charge in [0.15, 0.2) is 0 Å². The molecule has 1 fully saturated rings. The van der Waals surface area contributed by atoms with E-state index in [9.17, 15) is 0 Å². The Kier molecular flexibility index (Phi) is 3.30. The van der Waals surface area contributed by atoms with Gasteiger partial charge in [0.2, 0.25) is 0 Å². The van der Waals surface area contributed by atoms with E-state index in [-0.39, 0.29) is 0 Å². The molecule has 0 amide bonds. The summed E-state index contributed by atoms with van der Waals surface area (Å²) < 4.78 is 0. The maximum atomic E-state index is 2.52. The molecule has 1 heterocycles. The van der Waals surface area contributed by atoms with Gasteiger partial charge >= 0.3 is 0 Å². The Morgan fingerprint density at radius 3 is 3.00 bits per heavy atom. The van der Waals surface area contributed by atoms with Gasteiger partial charge in [-0.05, 0) is 31.3 Å². The third kappa shape index (κ3) is 2.53. The van der Waals surface area contributed by atoms with Crippen molar-refractivity contribution >= 4 is 0 Å². The first kappa shape index (κ1) is 10.5. The lowest BCUT2D eigenvalue weighted by Crippen LogP contribution is -2.18. The molecule has 0 radical (unpaired) electrons. The van der Waals surface area contributed by atoms with Crippen LogP contribution in [0.5, 0.6) is 0 Å². The molecule has 0 spiro atoms. The summed E-state index contributed by atoms with van der Waals surface area (Å²) in [6.07, 6.45) is 12.8. The zero-order valence-corrected chi connectivity index (χ0v) is 9.87. The Hall–Kier alpha value is -0.980. The summed E-state index contributed by atoms with van der Waals surface area (Å²) in [5.41, 5.74) is 2.97. The molecule has 1 saturated heterocycles. The van der Waals surface area contributed by atoms with Crippen LogP contribution in [0, 0.1) is 5.92 Å². The van der Waals surface area contributed by atoms with E-state index < -0.39 is 0 Å². The van der Waals surface area contributed by atoms with Crippen LogP contribution < -0.4 is 0 Å². The molecule has 0 aromatic heterocycles. The smallest absolute Gasteiger partial charge is 0.0328 e. The van der Waals surface area contributed by atoms with Gasteiger partial charge in [0.25, 0.3) is 0 Å². The van der Waals surface area contributed by atoms with Gasteiger partial charge in [-0.25, -0.2) is 0 Å². The first-order chi connectivity index (χ1) is 7.29. The van der Waals surface area contributed by atoms with Crippen LogP contribution in [0.25, 0.3) is 0 Å². The monoisotopic (exact) mass is 203 g/mol. The topological polar surface area (TPSA) is 3.24 Å². The Bertz CT molecular complexity index is 309. The van der Waals surface area contributed by atoms with Gasteiger partial charge in [-0.2, -0.15) is 0 Å². The van der Waals surface area contributed by atoms with Gasteiger partial charge < -0.3 is 4.90 Å². The number of hydrogen-bond donors (Lipinski definition) is 0. The second-order valence-corrected chi connectivity index (χ2v) is 4.71. The van der Waals surface area contributed by atoms with E-state index in [1.165, 1.54) is 37.2 Å². The molecule has 15 heavy (non-hydrogen) atoms. The SMILES string of the molecule is CCC1=CC=CC(N2CCC(C)C2)=CC1. The second-order valence-electron chi connectivity index (χ2n) is 4.71. The van der Waals surface area contributed by atoms with Gasteiger partial charge in [0.1, 0.15) is 0 Å². The van der Waals surface area contributed by atoms with Crippen LogP contribution in [0.2, 0.25) is 0 Å². The van der Waals surface area contributed by atoms with E-state index in [4.69, 9.17) is 0 Å². The fourth-order valence-electron chi connectivity index (χ4n) is 2.32. The summed E-state index contributed by atoms with van der Waals surface area (Å²) in [5, 5.41) is 0. The molecule has 0 saturated carbocycles. The largest absolute Gasteiger partial charge is 0.372 e. The Labute approximate surface area is 93.2 Å². The zero-order valence-electron chi connectivity index (χ0n) is 9.87. The van der Waals surface area contributed by atoms with Crippen molar-refractivity contribution in [2.75, 3.05) is 13.1 Å². The first-order valence-corrected chi connectivity index (χ1v) is 6.11. The summed E-state index contributed by atoms with van der Waals surface area (Å²) in [4.78, 5) is 2.52. The highest BCUT2D eigenvalue weighted by Gasteiger charge is 2.19. The molecule has 1 nitrogen and oxygen atoms in total. The third-order valence-electron chi connectivity index (χ3n) is 3.42. The van der Waals surface area contributed by atoms with E-state index in [2.05, 4.69) is 43.1 Å². The normalized spacial score (nSPS) is 26.3. The Morgan fingerprint density at radius 2 is 2.33 bits per heavy atom. The third-order valence-corrected chi connectivity index (χ3v) is 3.42. The molecule has 2 aliphatic rings. The van der Waals surface area contributed by atoms with E-state index >= 15 is 0 Å². The molecule has 0 aromatic rings. The molecular weight excluding hydrogens is 182 g/mol. The molecule has 0 aromatic carbocycles. The van der Waals surface area contributed by atoms with E-state index in [0.717, 1.165) is 12.3 Å². The minimum absolute atomic E-state index is 0.862. The summed E-state index contributed by atoms with van der Waals surface area (Å²) in [6, 6.07) is 0. The number of nitrogens with zero attached hydrogens (tertiary/aromatic N) is 1. The van der Waals surface area contributed by atoms with Gasteiger partial charge in [0.05, 0.1) is 0 Å². The molecule has 1 aliphatic heterocycles. The summed E-state index contributed by atoms with van der Waals surface area (Å²) >= 11 is 0.